The molecule has 1 amide bonds. The third-order valence-corrected chi connectivity index (χ3v) is 7.41. The van der Waals surface area contributed by atoms with Crippen molar-refractivity contribution in [1.82, 2.24) is 5.32 Å². The number of carbonyl (C=O) groups excluding carboxylic acids is 1. The van der Waals surface area contributed by atoms with E-state index in [0.717, 1.165) is 42.0 Å². The van der Waals surface area contributed by atoms with E-state index in [9.17, 15) is 19.5 Å². The molecular weight excluding hydrogens is 497 g/mol. The Morgan fingerprint density at radius 3 is 2.13 bits per heavy atom. The molecule has 0 saturated carbocycles. The Bertz CT molecular complexity index is 938. The first kappa shape index (κ1) is 32.4. The second kappa shape index (κ2) is 19.3. The van der Waals surface area contributed by atoms with Gasteiger partial charge in [0.15, 0.2) is 0 Å². The molecule has 0 heterocycles. The average Bonchev–Trinajstić information content (AvgIpc) is 2.89. The average molecular weight is 548 g/mol. The fourth-order valence-corrected chi connectivity index (χ4v) is 5.18. The molecule has 214 valence electrons. The van der Waals surface area contributed by atoms with Crippen LogP contribution in [0.15, 0.2) is 54.6 Å². The molecule has 0 bridgehead atoms. The first-order chi connectivity index (χ1) is 18.4. The Labute approximate surface area is 230 Å². The van der Waals surface area contributed by atoms with Crippen molar-refractivity contribution in [3.63, 3.8) is 0 Å². The van der Waals surface area contributed by atoms with Crippen LogP contribution in [0.4, 0.5) is 0 Å². The van der Waals surface area contributed by atoms with Gasteiger partial charge >= 0.3 is 166 Å². The summed E-state index contributed by atoms with van der Waals surface area (Å²) in [5, 5.41) is 5.14. The second-order valence-corrected chi connectivity index (χ2v) is 11.8. The van der Waals surface area contributed by atoms with E-state index in [4.69, 9.17) is 4.52 Å². The van der Waals surface area contributed by atoms with E-state index in [0.29, 0.717) is 12.8 Å². The maximum atomic E-state index is 12.6. The van der Waals surface area contributed by atoms with Crippen molar-refractivity contribution in [3.8, 4) is 0 Å². The van der Waals surface area contributed by atoms with Crippen molar-refractivity contribution >= 4 is 24.8 Å². The van der Waals surface area contributed by atoms with Crippen molar-refractivity contribution in [2.45, 2.75) is 109 Å². The standard InChI is InChI=1S/C31H50NO5P/c1-2-3-4-5-6-7-8-9-10-11-12-13-14-15-16-24-31(33)32-29(26-37-38(34,35)36)25-28-22-19-21-27-20-17-18-23-30(27)28/h9-10,17-23,29,34-36,38H,2-8,11-16,24-26H2,1H3,(H,32,33)/b10-9-/t29-/m1/s1. The second-order valence-electron chi connectivity index (χ2n) is 10.3. The molecule has 0 spiro atoms. The summed E-state index contributed by atoms with van der Waals surface area (Å²) in [5.41, 5.74) is 1.03. The number of unbranched alkanes of at least 4 members (excludes halogenated alkanes) is 11. The summed E-state index contributed by atoms with van der Waals surface area (Å²) in [6, 6.07) is 13.5. The monoisotopic (exact) mass is 547 g/mol. The molecule has 0 fully saturated rings. The molecule has 2 aromatic carbocycles. The van der Waals surface area contributed by atoms with Crippen molar-refractivity contribution in [1.29, 1.82) is 0 Å². The zero-order chi connectivity index (χ0) is 27.5. The minimum absolute atomic E-state index is 0.0856. The predicted molar refractivity (Wildman–Crippen MR) is 160 cm³/mol. The van der Waals surface area contributed by atoms with Crippen LogP contribution in [-0.4, -0.2) is 33.2 Å². The molecule has 38 heavy (non-hydrogen) atoms. The molecule has 0 saturated heterocycles. The Morgan fingerprint density at radius 2 is 1.45 bits per heavy atom. The number of benzene rings is 2. The first-order valence-electron chi connectivity index (χ1n) is 14.6. The number of hydrogen-bond donors (Lipinski definition) is 4. The van der Waals surface area contributed by atoms with Crippen molar-refractivity contribution in [3.05, 3.63) is 60.2 Å². The summed E-state index contributed by atoms with van der Waals surface area (Å²) in [7, 11) is -4.66. The molecule has 6 nitrogen and oxygen atoms in total. The van der Waals surface area contributed by atoms with Gasteiger partial charge in [-0.25, -0.2) is 0 Å². The van der Waals surface area contributed by atoms with Gasteiger partial charge in [0.25, 0.3) is 0 Å². The Morgan fingerprint density at radius 1 is 0.842 bits per heavy atom. The molecule has 1 atom stereocenters. The molecule has 0 unspecified atom stereocenters. The van der Waals surface area contributed by atoms with Crippen LogP contribution >= 0.6 is 8.17 Å². The van der Waals surface area contributed by atoms with Crippen LogP contribution in [-0.2, 0) is 15.7 Å². The van der Waals surface area contributed by atoms with Crippen molar-refractivity contribution in [2.75, 3.05) is 6.61 Å². The molecular formula is C31H50NO5P. The minimum atomic E-state index is -4.66. The summed E-state index contributed by atoms with van der Waals surface area (Å²) in [6.07, 6.45) is 21.3. The van der Waals surface area contributed by atoms with Gasteiger partial charge in [0, 0.05) is 0 Å². The van der Waals surface area contributed by atoms with E-state index >= 15 is 0 Å². The summed E-state index contributed by atoms with van der Waals surface area (Å²) in [6.45, 7) is 2.08. The summed E-state index contributed by atoms with van der Waals surface area (Å²) >= 11 is 0. The van der Waals surface area contributed by atoms with Crippen molar-refractivity contribution < 1.29 is 24.0 Å². The van der Waals surface area contributed by atoms with Gasteiger partial charge < -0.3 is 0 Å². The van der Waals surface area contributed by atoms with Gasteiger partial charge in [-0.3, -0.25) is 0 Å². The van der Waals surface area contributed by atoms with Gasteiger partial charge in [-0.15, -0.1) is 0 Å². The quantitative estimate of drug-likeness (QED) is 0.0746. The Hall–Kier alpha value is -1.82. The third kappa shape index (κ3) is 14.9. The normalized spacial score (nSPS) is 13.3. The summed E-state index contributed by atoms with van der Waals surface area (Å²) < 4.78 is 4.89. The van der Waals surface area contributed by atoms with E-state index in [1.807, 2.05) is 42.5 Å². The molecule has 0 aliphatic carbocycles. The molecule has 4 N–H and O–H groups in total. The SMILES string of the molecule is CCCCCCCC/C=C\CCCCCCCC(=O)N[C@@H](CO[PH](O)(O)O)Cc1cccc2ccccc12. The van der Waals surface area contributed by atoms with E-state index in [1.165, 1.54) is 57.8 Å². The van der Waals surface area contributed by atoms with Crippen molar-refractivity contribution in [2.24, 2.45) is 0 Å². The van der Waals surface area contributed by atoms with Crippen LogP contribution in [0.5, 0.6) is 0 Å². The van der Waals surface area contributed by atoms with Gasteiger partial charge in [0.05, 0.1) is 0 Å². The Balaban J connectivity index is 1.64. The van der Waals surface area contributed by atoms with Gasteiger partial charge in [-0.05, 0) is 12.8 Å². The van der Waals surface area contributed by atoms with Crippen LogP contribution in [0.3, 0.4) is 0 Å². The number of hydrogen-bond acceptors (Lipinski definition) is 5. The summed E-state index contributed by atoms with van der Waals surface area (Å²) in [4.78, 5) is 40.5. The third-order valence-electron chi connectivity index (χ3n) is 6.86. The fourth-order valence-electron chi connectivity index (χ4n) is 4.76. The van der Waals surface area contributed by atoms with E-state index < -0.39 is 14.2 Å². The molecule has 2 aromatic rings. The first-order valence-corrected chi connectivity index (χ1v) is 16.4. The molecule has 0 aliphatic heterocycles. The van der Waals surface area contributed by atoms with Gasteiger partial charge in [0.1, 0.15) is 0 Å². The number of allylic oxidation sites excluding steroid dienone is 2. The maximum absolute atomic E-state index is 12.6. The summed E-state index contributed by atoms with van der Waals surface area (Å²) in [5.74, 6) is -0.0856. The number of carbonyl (C=O) groups is 1. The van der Waals surface area contributed by atoms with Crippen LogP contribution < -0.4 is 5.32 Å². The number of rotatable bonds is 21. The number of fused-ring (bicyclic) bond motifs is 1. The van der Waals surface area contributed by atoms with Crippen LogP contribution in [0.1, 0.15) is 102 Å². The van der Waals surface area contributed by atoms with Crippen LogP contribution in [0.25, 0.3) is 10.8 Å². The van der Waals surface area contributed by atoms with Gasteiger partial charge in [0.2, 0.25) is 0 Å². The Kier molecular flexibility index (Phi) is 16.4. The zero-order valence-electron chi connectivity index (χ0n) is 23.2. The fraction of sp³-hybridized carbons (Fsp3) is 0.581. The number of amides is 1. The van der Waals surface area contributed by atoms with E-state index in [-0.39, 0.29) is 12.5 Å². The molecule has 0 radical (unpaired) electrons. The number of nitrogens with one attached hydrogen (secondary N) is 1. The van der Waals surface area contributed by atoms with Crippen LogP contribution in [0, 0.1) is 0 Å². The van der Waals surface area contributed by atoms with E-state index in [1.54, 1.807) is 0 Å². The van der Waals surface area contributed by atoms with E-state index in [2.05, 4.69) is 24.4 Å². The van der Waals surface area contributed by atoms with Gasteiger partial charge in [-0.2, -0.15) is 0 Å². The molecule has 0 aromatic heterocycles. The molecule has 7 heteroatoms. The molecule has 0 aliphatic rings. The molecule has 2 rings (SSSR count). The predicted octanol–water partition coefficient (Wildman–Crippen LogP) is 7.31. The van der Waals surface area contributed by atoms with Gasteiger partial charge in [-0.1, -0.05) is 51.2 Å². The topological polar surface area (TPSA) is 99.0 Å². The van der Waals surface area contributed by atoms with Crippen LogP contribution in [0.2, 0.25) is 0 Å². The zero-order valence-corrected chi connectivity index (χ0v) is 24.2.